The van der Waals surface area contributed by atoms with Gasteiger partial charge in [-0.2, -0.15) is 0 Å². The van der Waals surface area contributed by atoms with Crippen LogP contribution >= 0.6 is 11.6 Å². The van der Waals surface area contributed by atoms with Gasteiger partial charge in [0.1, 0.15) is 11.7 Å². The molecule has 0 saturated heterocycles. The normalized spacial score (nSPS) is 11.6. The first-order valence-corrected chi connectivity index (χ1v) is 5.91. The van der Waals surface area contributed by atoms with E-state index in [2.05, 4.69) is 10.6 Å². The number of hydrogen-bond donors (Lipinski definition) is 3. The predicted octanol–water partition coefficient (Wildman–Crippen LogP) is 0.893. The Bertz CT molecular complexity index is 576. The van der Waals surface area contributed by atoms with E-state index in [1.54, 1.807) is 0 Å². The van der Waals surface area contributed by atoms with Crippen LogP contribution in [0, 0.1) is 10.1 Å². The summed E-state index contributed by atoms with van der Waals surface area (Å²) in [6.45, 7) is 1.40. The Kier molecular flexibility index (Phi) is 4.87. The fraction of sp³-hybridized carbons (Fsp3) is 0.273. The van der Waals surface area contributed by atoms with E-state index in [0.717, 1.165) is 6.07 Å². The highest BCUT2D eigenvalue weighted by atomic mass is 35.5. The number of rotatable bonds is 5. The minimum absolute atomic E-state index is 0.0265. The van der Waals surface area contributed by atoms with Crippen LogP contribution < -0.4 is 16.4 Å². The fourth-order valence-corrected chi connectivity index (χ4v) is 1.77. The number of halogens is 1. The first kappa shape index (κ1) is 15.7. The van der Waals surface area contributed by atoms with E-state index in [-0.39, 0.29) is 22.0 Å². The number of nitro benzene ring substituents is 1. The van der Waals surface area contributed by atoms with Crippen molar-refractivity contribution in [2.45, 2.75) is 13.0 Å². The van der Waals surface area contributed by atoms with Gasteiger partial charge in [0.2, 0.25) is 5.91 Å². The molecule has 0 bridgehead atoms. The van der Waals surface area contributed by atoms with Crippen molar-refractivity contribution in [3.05, 3.63) is 32.8 Å². The smallest absolute Gasteiger partial charge is 0.294 e. The Morgan fingerprint density at radius 3 is 2.50 bits per heavy atom. The second-order valence-electron chi connectivity index (χ2n) is 3.96. The first-order chi connectivity index (χ1) is 9.27. The van der Waals surface area contributed by atoms with Crippen LogP contribution in [0.15, 0.2) is 12.1 Å². The van der Waals surface area contributed by atoms with Gasteiger partial charge in [0.25, 0.3) is 11.6 Å². The summed E-state index contributed by atoms with van der Waals surface area (Å²) in [4.78, 5) is 33.0. The zero-order valence-corrected chi connectivity index (χ0v) is 11.5. The summed E-state index contributed by atoms with van der Waals surface area (Å²) in [6, 6.07) is 1.44. The van der Waals surface area contributed by atoms with Gasteiger partial charge in [0.15, 0.2) is 0 Å². The van der Waals surface area contributed by atoms with Crippen molar-refractivity contribution in [2.75, 3.05) is 12.4 Å². The average molecular weight is 301 g/mol. The van der Waals surface area contributed by atoms with Gasteiger partial charge < -0.3 is 16.4 Å². The molecule has 0 aliphatic rings. The molecule has 1 aromatic rings. The van der Waals surface area contributed by atoms with Crippen molar-refractivity contribution in [1.82, 2.24) is 5.32 Å². The summed E-state index contributed by atoms with van der Waals surface area (Å²) >= 11 is 5.88. The summed E-state index contributed by atoms with van der Waals surface area (Å²) in [5.41, 5.74) is 4.76. The number of nitro groups is 1. The van der Waals surface area contributed by atoms with E-state index in [9.17, 15) is 19.7 Å². The molecule has 0 aromatic heterocycles. The summed E-state index contributed by atoms with van der Waals surface area (Å²) < 4.78 is 0. The summed E-state index contributed by atoms with van der Waals surface area (Å²) in [7, 11) is 1.48. The number of primary amides is 1. The predicted molar refractivity (Wildman–Crippen MR) is 73.8 cm³/mol. The van der Waals surface area contributed by atoms with Crippen LogP contribution in [-0.2, 0) is 4.79 Å². The van der Waals surface area contributed by atoms with Gasteiger partial charge in [-0.05, 0) is 13.0 Å². The number of nitrogens with one attached hydrogen (secondary N) is 2. The van der Waals surface area contributed by atoms with E-state index in [4.69, 9.17) is 17.3 Å². The molecule has 20 heavy (non-hydrogen) atoms. The quantitative estimate of drug-likeness (QED) is 0.549. The van der Waals surface area contributed by atoms with Gasteiger partial charge >= 0.3 is 0 Å². The minimum Gasteiger partial charge on any atom is -0.381 e. The Morgan fingerprint density at radius 2 is 2.05 bits per heavy atom. The zero-order valence-electron chi connectivity index (χ0n) is 10.8. The number of amides is 2. The largest absolute Gasteiger partial charge is 0.381 e. The minimum atomic E-state index is -0.899. The second-order valence-corrected chi connectivity index (χ2v) is 4.36. The van der Waals surface area contributed by atoms with E-state index in [1.165, 1.54) is 20.0 Å². The lowest BCUT2D eigenvalue weighted by Gasteiger charge is -2.11. The fourth-order valence-electron chi connectivity index (χ4n) is 1.47. The highest BCUT2D eigenvalue weighted by Gasteiger charge is 2.22. The maximum atomic E-state index is 11.9. The third-order valence-corrected chi connectivity index (χ3v) is 2.85. The third-order valence-electron chi connectivity index (χ3n) is 2.55. The molecule has 0 saturated carbocycles. The average Bonchev–Trinajstić information content (AvgIpc) is 2.37. The van der Waals surface area contributed by atoms with E-state index in [1.807, 2.05) is 0 Å². The van der Waals surface area contributed by atoms with Gasteiger partial charge in [0, 0.05) is 18.7 Å². The van der Waals surface area contributed by atoms with Crippen LogP contribution in [0.4, 0.5) is 11.4 Å². The van der Waals surface area contributed by atoms with Crippen molar-refractivity contribution in [2.24, 2.45) is 5.73 Å². The van der Waals surface area contributed by atoms with Gasteiger partial charge in [-0.1, -0.05) is 11.6 Å². The number of nitrogens with zero attached hydrogens (tertiary/aromatic N) is 1. The van der Waals surface area contributed by atoms with Gasteiger partial charge in [0.05, 0.1) is 9.95 Å². The van der Waals surface area contributed by atoms with E-state index >= 15 is 0 Å². The van der Waals surface area contributed by atoms with E-state index < -0.39 is 22.8 Å². The monoisotopic (exact) mass is 300 g/mol. The molecule has 0 aliphatic heterocycles. The molecular weight excluding hydrogens is 288 g/mol. The molecule has 4 N–H and O–H groups in total. The molecule has 0 radical (unpaired) electrons. The Morgan fingerprint density at radius 1 is 1.45 bits per heavy atom. The van der Waals surface area contributed by atoms with Crippen LogP contribution in [0.25, 0.3) is 0 Å². The highest BCUT2D eigenvalue weighted by Crippen LogP contribution is 2.33. The number of carbonyl (C=O) groups is 2. The summed E-state index contributed by atoms with van der Waals surface area (Å²) in [5.74, 6) is -1.39. The SMILES string of the molecule is CNc1c(Cl)cc(C(=O)NC(C)C(N)=O)cc1[N+](=O)[O-]. The Hall–Kier alpha value is -2.35. The molecule has 1 rings (SSSR count). The maximum absolute atomic E-state index is 11.9. The van der Waals surface area contributed by atoms with Crippen molar-refractivity contribution >= 4 is 34.8 Å². The van der Waals surface area contributed by atoms with E-state index in [0.29, 0.717) is 0 Å². The van der Waals surface area contributed by atoms with Gasteiger partial charge in [-0.15, -0.1) is 0 Å². The lowest BCUT2D eigenvalue weighted by Crippen LogP contribution is -2.42. The van der Waals surface area contributed by atoms with Crippen molar-refractivity contribution in [1.29, 1.82) is 0 Å². The van der Waals surface area contributed by atoms with Crippen LogP contribution in [0.5, 0.6) is 0 Å². The molecule has 0 heterocycles. The Labute approximate surface area is 119 Å². The zero-order chi connectivity index (χ0) is 15.4. The molecule has 1 aromatic carbocycles. The summed E-state index contributed by atoms with van der Waals surface area (Å²) in [5, 5.41) is 15.9. The van der Waals surface area contributed by atoms with Gasteiger partial charge in [-0.25, -0.2) is 0 Å². The number of benzene rings is 1. The molecule has 0 spiro atoms. The molecule has 2 amide bonds. The maximum Gasteiger partial charge on any atom is 0.294 e. The molecule has 0 aliphatic carbocycles. The van der Waals surface area contributed by atoms with Crippen molar-refractivity contribution in [3.63, 3.8) is 0 Å². The van der Waals surface area contributed by atoms with Gasteiger partial charge in [-0.3, -0.25) is 19.7 Å². The number of hydrogen-bond acceptors (Lipinski definition) is 5. The topological polar surface area (TPSA) is 127 Å². The van der Waals surface area contributed by atoms with Crippen LogP contribution in [0.1, 0.15) is 17.3 Å². The third kappa shape index (κ3) is 3.35. The summed E-state index contributed by atoms with van der Waals surface area (Å²) in [6.07, 6.45) is 0. The van der Waals surface area contributed by atoms with Crippen LogP contribution in [0.3, 0.4) is 0 Å². The molecule has 0 fully saturated rings. The number of nitrogens with two attached hydrogens (primary N) is 1. The molecule has 9 heteroatoms. The molecular formula is C11H13ClN4O4. The lowest BCUT2D eigenvalue weighted by atomic mass is 10.1. The second kappa shape index (κ2) is 6.20. The number of carbonyl (C=O) groups excluding carboxylic acids is 2. The first-order valence-electron chi connectivity index (χ1n) is 5.53. The molecule has 8 nitrogen and oxygen atoms in total. The molecule has 1 atom stereocenters. The van der Waals surface area contributed by atoms with Crippen molar-refractivity contribution in [3.8, 4) is 0 Å². The number of anilines is 1. The van der Waals surface area contributed by atoms with Crippen molar-refractivity contribution < 1.29 is 14.5 Å². The van der Waals surface area contributed by atoms with Crippen LogP contribution in [-0.4, -0.2) is 29.8 Å². The molecule has 108 valence electrons. The Balaban J connectivity index is 3.17. The molecule has 1 unspecified atom stereocenters. The van der Waals surface area contributed by atoms with Crippen LogP contribution in [0.2, 0.25) is 5.02 Å². The lowest BCUT2D eigenvalue weighted by molar-refractivity contribution is -0.383. The standard InChI is InChI=1S/C11H13ClN4O4/c1-5(10(13)17)15-11(18)6-3-7(12)9(14-2)8(4-6)16(19)20/h3-5,14H,1-2H3,(H2,13,17)(H,15,18). The highest BCUT2D eigenvalue weighted by molar-refractivity contribution is 6.34.